The van der Waals surface area contributed by atoms with Gasteiger partial charge in [0.25, 0.3) is 0 Å². The lowest BCUT2D eigenvalue weighted by Gasteiger charge is -2.23. The summed E-state index contributed by atoms with van der Waals surface area (Å²) in [6.45, 7) is 4.14. The molecule has 2 heterocycles. The molecule has 1 atom stereocenters. The highest BCUT2D eigenvalue weighted by molar-refractivity contribution is 7.10. The molecular formula is C26H31NO2S. The monoisotopic (exact) mass is 421 g/mol. The van der Waals surface area contributed by atoms with Crippen LogP contribution in [0.5, 0.6) is 11.5 Å². The van der Waals surface area contributed by atoms with Gasteiger partial charge in [-0.2, -0.15) is 0 Å². The molecular weight excluding hydrogens is 390 g/mol. The zero-order valence-corrected chi connectivity index (χ0v) is 18.6. The SMILES string of the molecule is COc1ccc(C(c2cccs2)c2ccccc2OCCN2CCCCCC2)cc1. The number of likely N-dealkylation sites (tertiary alicyclic amines) is 1. The van der Waals surface area contributed by atoms with E-state index >= 15 is 0 Å². The Labute approximate surface area is 184 Å². The number of ether oxygens (including phenoxy) is 2. The van der Waals surface area contributed by atoms with E-state index < -0.39 is 0 Å². The molecule has 3 aromatic rings. The molecule has 158 valence electrons. The molecule has 3 nitrogen and oxygen atoms in total. The van der Waals surface area contributed by atoms with Crippen LogP contribution in [0.4, 0.5) is 0 Å². The van der Waals surface area contributed by atoms with Gasteiger partial charge in [-0.05, 0) is 61.1 Å². The number of para-hydroxylation sites is 1. The Balaban J connectivity index is 1.55. The van der Waals surface area contributed by atoms with Gasteiger partial charge in [0.1, 0.15) is 18.1 Å². The van der Waals surface area contributed by atoms with Crippen LogP contribution in [0.15, 0.2) is 66.0 Å². The van der Waals surface area contributed by atoms with Crippen LogP contribution in [0.2, 0.25) is 0 Å². The number of rotatable bonds is 8. The van der Waals surface area contributed by atoms with Crippen LogP contribution >= 0.6 is 11.3 Å². The zero-order chi connectivity index (χ0) is 20.6. The predicted octanol–water partition coefficient (Wildman–Crippen LogP) is 6.19. The predicted molar refractivity (Wildman–Crippen MR) is 125 cm³/mol. The summed E-state index contributed by atoms with van der Waals surface area (Å²) in [5, 5.41) is 2.15. The van der Waals surface area contributed by atoms with Crippen LogP contribution in [0.25, 0.3) is 0 Å². The van der Waals surface area contributed by atoms with Crippen molar-refractivity contribution in [3.63, 3.8) is 0 Å². The molecule has 30 heavy (non-hydrogen) atoms. The van der Waals surface area contributed by atoms with Gasteiger partial charge < -0.3 is 9.47 Å². The molecule has 1 fully saturated rings. The van der Waals surface area contributed by atoms with Crippen LogP contribution in [0.3, 0.4) is 0 Å². The fraction of sp³-hybridized carbons (Fsp3) is 0.385. The third kappa shape index (κ3) is 5.24. The number of nitrogens with zero attached hydrogens (tertiary/aromatic N) is 1. The maximum absolute atomic E-state index is 6.36. The molecule has 1 aliphatic rings. The standard InChI is InChI=1S/C26H31NO2S/c1-28-22-14-12-21(13-15-22)26(25-11-8-20-30-25)23-9-4-5-10-24(23)29-19-18-27-16-6-2-3-7-17-27/h4-5,8-15,20,26H,2-3,6-7,16-19H2,1H3. The summed E-state index contributed by atoms with van der Waals surface area (Å²) in [7, 11) is 1.71. The van der Waals surface area contributed by atoms with E-state index in [9.17, 15) is 0 Å². The lowest BCUT2D eigenvalue weighted by atomic mass is 9.89. The molecule has 0 amide bonds. The van der Waals surface area contributed by atoms with Crippen molar-refractivity contribution in [2.75, 3.05) is 33.4 Å². The van der Waals surface area contributed by atoms with Crippen molar-refractivity contribution in [2.45, 2.75) is 31.6 Å². The lowest BCUT2D eigenvalue weighted by Crippen LogP contribution is -2.29. The van der Waals surface area contributed by atoms with Gasteiger partial charge in [0.2, 0.25) is 0 Å². The van der Waals surface area contributed by atoms with Crippen molar-refractivity contribution < 1.29 is 9.47 Å². The van der Waals surface area contributed by atoms with Gasteiger partial charge in [0, 0.05) is 22.9 Å². The Kier molecular flexibility index (Phi) is 7.44. The van der Waals surface area contributed by atoms with Crippen LogP contribution in [-0.2, 0) is 0 Å². The maximum Gasteiger partial charge on any atom is 0.123 e. The molecule has 0 radical (unpaired) electrons. The molecule has 4 rings (SSSR count). The van der Waals surface area contributed by atoms with Gasteiger partial charge in [-0.3, -0.25) is 4.90 Å². The van der Waals surface area contributed by atoms with Crippen LogP contribution in [0.1, 0.15) is 47.6 Å². The summed E-state index contributed by atoms with van der Waals surface area (Å²) in [6.07, 6.45) is 5.36. The summed E-state index contributed by atoms with van der Waals surface area (Å²) >= 11 is 1.79. The fourth-order valence-electron chi connectivity index (χ4n) is 4.24. The third-order valence-electron chi connectivity index (χ3n) is 5.87. The van der Waals surface area contributed by atoms with Crippen LogP contribution < -0.4 is 9.47 Å². The molecule has 4 heteroatoms. The first-order chi connectivity index (χ1) is 14.8. The van der Waals surface area contributed by atoms with E-state index in [0.717, 1.165) is 24.7 Å². The van der Waals surface area contributed by atoms with Gasteiger partial charge in [-0.25, -0.2) is 0 Å². The van der Waals surface area contributed by atoms with Gasteiger partial charge in [0.05, 0.1) is 7.11 Å². The summed E-state index contributed by atoms with van der Waals surface area (Å²) in [6, 6.07) is 21.3. The Morgan fingerprint density at radius 1 is 0.900 bits per heavy atom. The highest BCUT2D eigenvalue weighted by Crippen LogP contribution is 2.39. The number of methoxy groups -OCH3 is 1. The Morgan fingerprint density at radius 3 is 2.37 bits per heavy atom. The van der Waals surface area contributed by atoms with Crippen molar-refractivity contribution in [3.05, 3.63) is 82.0 Å². The van der Waals surface area contributed by atoms with E-state index in [1.165, 1.54) is 54.8 Å². The molecule has 1 aromatic heterocycles. The first-order valence-electron chi connectivity index (χ1n) is 11.0. The molecule has 1 saturated heterocycles. The summed E-state index contributed by atoms with van der Waals surface area (Å²) in [5.74, 6) is 2.03. The summed E-state index contributed by atoms with van der Waals surface area (Å²) in [4.78, 5) is 3.87. The van der Waals surface area contributed by atoms with Gasteiger partial charge in [0.15, 0.2) is 0 Å². The highest BCUT2D eigenvalue weighted by atomic mass is 32.1. The van der Waals surface area contributed by atoms with Crippen LogP contribution in [-0.4, -0.2) is 38.3 Å². The van der Waals surface area contributed by atoms with Gasteiger partial charge in [-0.1, -0.05) is 49.2 Å². The zero-order valence-electron chi connectivity index (χ0n) is 17.8. The molecule has 2 aromatic carbocycles. The number of thiophene rings is 1. The van der Waals surface area contributed by atoms with E-state index in [2.05, 4.69) is 58.8 Å². The second kappa shape index (κ2) is 10.6. The fourth-order valence-corrected chi connectivity index (χ4v) is 5.11. The first kappa shape index (κ1) is 21.0. The molecule has 0 saturated carbocycles. The van der Waals surface area contributed by atoms with Gasteiger partial charge in [-0.15, -0.1) is 11.3 Å². The molecule has 1 unspecified atom stereocenters. The second-order valence-electron chi connectivity index (χ2n) is 7.86. The summed E-state index contributed by atoms with van der Waals surface area (Å²) in [5.41, 5.74) is 2.47. The Morgan fingerprint density at radius 2 is 1.67 bits per heavy atom. The summed E-state index contributed by atoms with van der Waals surface area (Å²) < 4.78 is 11.7. The quantitative estimate of drug-likeness (QED) is 0.433. The molecule has 1 aliphatic heterocycles. The minimum atomic E-state index is 0.158. The second-order valence-corrected chi connectivity index (χ2v) is 8.84. The third-order valence-corrected chi connectivity index (χ3v) is 6.81. The van der Waals surface area contributed by atoms with Crippen molar-refractivity contribution in [1.29, 1.82) is 0 Å². The average Bonchev–Trinajstić information content (AvgIpc) is 3.19. The largest absolute Gasteiger partial charge is 0.497 e. The van der Waals surface area contributed by atoms with Crippen LogP contribution in [0, 0.1) is 0 Å². The maximum atomic E-state index is 6.36. The smallest absolute Gasteiger partial charge is 0.123 e. The highest BCUT2D eigenvalue weighted by Gasteiger charge is 2.22. The van der Waals surface area contributed by atoms with E-state index in [1.54, 1.807) is 18.4 Å². The molecule has 0 spiro atoms. The molecule has 0 bridgehead atoms. The Hall–Kier alpha value is -2.30. The molecule has 0 aliphatic carbocycles. The minimum Gasteiger partial charge on any atom is -0.497 e. The van der Waals surface area contributed by atoms with E-state index in [1.807, 2.05) is 12.1 Å². The Bertz CT molecular complexity index is 884. The van der Waals surface area contributed by atoms with E-state index in [-0.39, 0.29) is 5.92 Å². The van der Waals surface area contributed by atoms with Gasteiger partial charge >= 0.3 is 0 Å². The molecule has 0 N–H and O–H groups in total. The minimum absolute atomic E-state index is 0.158. The van der Waals surface area contributed by atoms with E-state index in [0.29, 0.717) is 0 Å². The number of hydrogen-bond donors (Lipinski definition) is 0. The average molecular weight is 422 g/mol. The first-order valence-corrected chi connectivity index (χ1v) is 11.8. The normalized spacial score (nSPS) is 16.0. The van der Waals surface area contributed by atoms with Crippen molar-refractivity contribution in [3.8, 4) is 11.5 Å². The topological polar surface area (TPSA) is 21.7 Å². The lowest BCUT2D eigenvalue weighted by molar-refractivity contribution is 0.213. The van der Waals surface area contributed by atoms with E-state index in [4.69, 9.17) is 9.47 Å². The number of hydrogen-bond acceptors (Lipinski definition) is 4. The number of benzene rings is 2. The van der Waals surface area contributed by atoms with Crippen molar-refractivity contribution in [1.82, 2.24) is 4.90 Å². The van der Waals surface area contributed by atoms with Crippen molar-refractivity contribution >= 4 is 11.3 Å². The van der Waals surface area contributed by atoms with Crippen molar-refractivity contribution in [2.24, 2.45) is 0 Å².